The molecule has 0 saturated carbocycles. The van der Waals surface area contributed by atoms with Gasteiger partial charge in [-0.2, -0.15) is 4.31 Å². The highest BCUT2D eigenvalue weighted by molar-refractivity contribution is 7.90. The predicted molar refractivity (Wildman–Crippen MR) is 94.7 cm³/mol. The fourth-order valence-electron chi connectivity index (χ4n) is 3.92. The highest BCUT2D eigenvalue weighted by atomic mass is 32.2. The van der Waals surface area contributed by atoms with Gasteiger partial charge in [-0.25, -0.2) is 8.42 Å². The monoisotopic (exact) mass is 375 g/mol. The summed E-state index contributed by atoms with van der Waals surface area (Å²) >= 11 is 0. The first-order valence-electron chi connectivity index (χ1n) is 8.78. The van der Waals surface area contributed by atoms with E-state index >= 15 is 0 Å². The Balaban J connectivity index is 1.47. The van der Waals surface area contributed by atoms with Gasteiger partial charge in [0, 0.05) is 32.2 Å². The molecule has 0 spiro atoms. The van der Waals surface area contributed by atoms with Crippen LogP contribution < -0.4 is 0 Å². The quantitative estimate of drug-likeness (QED) is 0.816. The van der Waals surface area contributed by atoms with Gasteiger partial charge < -0.3 is 9.42 Å². The van der Waals surface area contributed by atoms with Gasteiger partial charge in [-0.15, -0.1) is 0 Å². The standard InChI is InChI=1S/C18H21N3O4S/c22-18(16-6-9-19-25-16)20-10-7-15-13-21(12-14-4-2-1-3-5-14)26(23,24)17(15)8-11-20/h1-6,9,15,17H,7-8,10-13H2/t15-,17-/m1/s1. The first kappa shape index (κ1) is 17.2. The fourth-order valence-corrected chi connectivity index (χ4v) is 6.15. The molecular formula is C18H21N3O4S. The Hall–Kier alpha value is -2.19. The molecule has 2 aliphatic rings. The number of aromatic nitrogens is 1. The minimum absolute atomic E-state index is 0.0521. The van der Waals surface area contributed by atoms with Crippen molar-refractivity contribution in [2.45, 2.75) is 24.6 Å². The number of amides is 1. The van der Waals surface area contributed by atoms with Crippen molar-refractivity contribution in [1.29, 1.82) is 0 Å². The van der Waals surface area contributed by atoms with Crippen molar-refractivity contribution in [3.05, 3.63) is 53.9 Å². The van der Waals surface area contributed by atoms with Gasteiger partial charge in [0.2, 0.25) is 15.8 Å². The summed E-state index contributed by atoms with van der Waals surface area (Å²) in [6, 6.07) is 11.2. The molecule has 2 fully saturated rings. The van der Waals surface area contributed by atoms with Crippen LogP contribution in [0.5, 0.6) is 0 Å². The topological polar surface area (TPSA) is 83.7 Å². The van der Waals surface area contributed by atoms with E-state index < -0.39 is 15.3 Å². The van der Waals surface area contributed by atoms with E-state index in [4.69, 9.17) is 4.52 Å². The van der Waals surface area contributed by atoms with Crippen LogP contribution >= 0.6 is 0 Å². The third kappa shape index (κ3) is 3.14. The van der Waals surface area contributed by atoms with E-state index in [1.807, 2.05) is 30.3 Å². The van der Waals surface area contributed by atoms with E-state index in [1.54, 1.807) is 9.21 Å². The molecule has 1 amide bonds. The lowest BCUT2D eigenvalue weighted by Crippen LogP contribution is -2.34. The molecule has 0 radical (unpaired) electrons. The molecule has 0 N–H and O–H groups in total. The third-order valence-corrected chi connectivity index (χ3v) is 7.68. The van der Waals surface area contributed by atoms with Gasteiger partial charge in [-0.1, -0.05) is 35.5 Å². The zero-order chi connectivity index (χ0) is 18.1. The summed E-state index contributed by atoms with van der Waals surface area (Å²) in [5.41, 5.74) is 0.995. The van der Waals surface area contributed by atoms with Crippen LogP contribution in [0.1, 0.15) is 29.0 Å². The minimum Gasteiger partial charge on any atom is -0.351 e. The molecule has 138 valence electrons. The Morgan fingerprint density at radius 1 is 1.15 bits per heavy atom. The van der Waals surface area contributed by atoms with E-state index in [0.717, 1.165) is 5.56 Å². The molecule has 2 atom stereocenters. The number of hydrogen-bond acceptors (Lipinski definition) is 5. The molecule has 0 aliphatic carbocycles. The predicted octanol–water partition coefficient (Wildman–Crippen LogP) is 1.74. The number of likely N-dealkylation sites (tertiary alicyclic amines) is 1. The Morgan fingerprint density at radius 2 is 1.92 bits per heavy atom. The van der Waals surface area contributed by atoms with Crippen LogP contribution in [0, 0.1) is 5.92 Å². The lowest BCUT2D eigenvalue weighted by molar-refractivity contribution is 0.0717. The van der Waals surface area contributed by atoms with Crippen LogP contribution in [0.2, 0.25) is 0 Å². The van der Waals surface area contributed by atoms with Gasteiger partial charge in [-0.05, 0) is 24.3 Å². The Kier molecular flexibility index (Phi) is 4.54. The van der Waals surface area contributed by atoms with Crippen molar-refractivity contribution < 1.29 is 17.7 Å². The van der Waals surface area contributed by atoms with Gasteiger partial charge in [0.25, 0.3) is 5.91 Å². The average molecular weight is 375 g/mol. The van der Waals surface area contributed by atoms with Crippen LogP contribution in [-0.2, 0) is 16.6 Å². The number of carbonyl (C=O) groups is 1. The second kappa shape index (κ2) is 6.85. The molecule has 0 bridgehead atoms. The summed E-state index contributed by atoms with van der Waals surface area (Å²) in [7, 11) is -3.35. The van der Waals surface area contributed by atoms with Gasteiger partial charge in [-0.3, -0.25) is 4.79 Å². The van der Waals surface area contributed by atoms with Gasteiger partial charge >= 0.3 is 0 Å². The van der Waals surface area contributed by atoms with Crippen molar-refractivity contribution >= 4 is 15.9 Å². The summed E-state index contributed by atoms with van der Waals surface area (Å²) in [4.78, 5) is 14.1. The van der Waals surface area contributed by atoms with Crippen LogP contribution in [-0.4, -0.2) is 53.6 Å². The van der Waals surface area contributed by atoms with Crippen molar-refractivity contribution in [3.8, 4) is 0 Å². The molecule has 7 nitrogen and oxygen atoms in total. The van der Waals surface area contributed by atoms with Crippen molar-refractivity contribution in [2.75, 3.05) is 19.6 Å². The van der Waals surface area contributed by atoms with E-state index in [0.29, 0.717) is 39.0 Å². The molecule has 8 heteroatoms. The van der Waals surface area contributed by atoms with E-state index in [2.05, 4.69) is 5.16 Å². The average Bonchev–Trinajstić information content (AvgIpc) is 3.18. The number of hydrogen-bond donors (Lipinski definition) is 0. The summed E-state index contributed by atoms with van der Waals surface area (Å²) in [5, 5.41) is 3.15. The van der Waals surface area contributed by atoms with Gasteiger partial charge in [0.1, 0.15) is 0 Å². The molecule has 0 unspecified atom stereocenters. The Labute approximate surface area is 152 Å². The second-order valence-corrected chi connectivity index (χ2v) is 9.02. The summed E-state index contributed by atoms with van der Waals surface area (Å²) in [5.74, 6) is 0.0304. The maximum Gasteiger partial charge on any atom is 0.292 e. The third-order valence-electron chi connectivity index (χ3n) is 5.30. The molecule has 26 heavy (non-hydrogen) atoms. The number of sulfonamides is 1. The number of nitrogens with zero attached hydrogens (tertiary/aromatic N) is 3. The zero-order valence-corrected chi connectivity index (χ0v) is 15.1. The van der Waals surface area contributed by atoms with Crippen molar-refractivity contribution in [2.24, 2.45) is 5.92 Å². The summed E-state index contributed by atoms with van der Waals surface area (Å²) in [6.07, 6.45) is 2.57. The zero-order valence-electron chi connectivity index (χ0n) is 14.3. The summed E-state index contributed by atoms with van der Waals surface area (Å²) in [6.45, 7) is 1.89. The van der Waals surface area contributed by atoms with Crippen molar-refractivity contribution in [1.82, 2.24) is 14.4 Å². The normalized spacial score (nSPS) is 25.6. The van der Waals surface area contributed by atoms with Crippen molar-refractivity contribution in [3.63, 3.8) is 0 Å². The first-order valence-corrected chi connectivity index (χ1v) is 10.3. The molecule has 3 heterocycles. The minimum atomic E-state index is -3.35. The maximum atomic E-state index is 13.0. The smallest absolute Gasteiger partial charge is 0.292 e. The molecular weight excluding hydrogens is 354 g/mol. The SMILES string of the molecule is O=C(c1ccno1)N1CC[C@@H]2CN(Cc3ccccc3)S(=O)(=O)[C@@H]2CC1. The fraction of sp³-hybridized carbons (Fsp3) is 0.444. The van der Waals surface area contributed by atoms with Crippen LogP contribution in [0.15, 0.2) is 47.1 Å². The second-order valence-electron chi connectivity index (χ2n) is 6.87. The van der Waals surface area contributed by atoms with Crippen LogP contribution in [0.3, 0.4) is 0 Å². The highest BCUT2D eigenvalue weighted by Gasteiger charge is 2.47. The van der Waals surface area contributed by atoms with Crippen LogP contribution in [0.25, 0.3) is 0 Å². The molecule has 2 aliphatic heterocycles. The first-order chi connectivity index (χ1) is 12.6. The van der Waals surface area contributed by atoms with E-state index in [9.17, 15) is 13.2 Å². The van der Waals surface area contributed by atoms with Gasteiger partial charge in [0.15, 0.2) is 0 Å². The summed E-state index contributed by atoms with van der Waals surface area (Å²) < 4.78 is 32.5. The number of benzene rings is 1. The lowest BCUT2D eigenvalue weighted by atomic mass is 10.0. The van der Waals surface area contributed by atoms with Crippen LogP contribution in [0.4, 0.5) is 0 Å². The number of carbonyl (C=O) groups excluding carboxylic acids is 1. The van der Waals surface area contributed by atoms with E-state index in [-0.39, 0.29) is 17.6 Å². The molecule has 2 aromatic rings. The van der Waals surface area contributed by atoms with Gasteiger partial charge in [0.05, 0.1) is 11.4 Å². The largest absolute Gasteiger partial charge is 0.351 e. The Morgan fingerprint density at radius 3 is 2.65 bits per heavy atom. The molecule has 1 aromatic carbocycles. The molecule has 4 rings (SSSR count). The molecule has 2 saturated heterocycles. The number of rotatable bonds is 3. The maximum absolute atomic E-state index is 13.0. The van der Waals surface area contributed by atoms with E-state index in [1.165, 1.54) is 12.3 Å². The number of fused-ring (bicyclic) bond motifs is 1. The molecule has 1 aromatic heterocycles. The lowest BCUT2D eigenvalue weighted by Gasteiger charge is -2.21. The Bertz CT molecular complexity index is 867. The highest BCUT2D eigenvalue weighted by Crippen LogP contribution is 2.35.